The smallest absolute Gasteiger partial charge is 0.232 e. The Kier molecular flexibility index (Phi) is 13.7. The molecular formula is C24H32Cl2N2O5. The number of aliphatic hydroxyl groups is 2. The minimum Gasteiger partial charge on any atom is -0.394 e. The molecule has 7 nitrogen and oxygen atoms in total. The van der Waals surface area contributed by atoms with Gasteiger partial charge in [0.25, 0.3) is 0 Å². The normalized spacial score (nSPS) is 10.9. The van der Waals surface area contributed by atoms with Gasteiger partial charge in [0.05, 0.1) is 31.8 Å². The molecule has 0 unspecified atom stereocenters. The summed E-state index contributed by atoms with van der Waals surface area (Å²) in [4.78, 5) is 23.8. The molecule has 0 saturated carbocycles. The van der Waals surface area contributed by atoms with Gasteiger partial charge in [0.1, 0.15) is 0 Å². The highest BCUT2D eigenvalue weighted by atomic mass is 35.5. The Morgan fingerprint density at radius 2 is 1.24 bits per heavy atom. The first-order valence-corrected chi connectivity index (χ1v) is 11.6. The van der Waals surface area contributed by atoms with Gasteiger partial charge in [-0.3, -0.25) is 9.59 Å². The number of amides is 2. The Bertz CT molecular complexity index is 793. The predicted octanol–water partition coefficient (Wildman–Crippen LogP) is 2.58. The fourth-order valence-corrected chi connectivity index (χ4v) is 3.74. The number of aliphatic hydroxyl groups excluding tert-OH is 2. The van der Waals surface area contributed by atoms with Gasteiger partial charge in [-0.05, 0) is 35.1 Å². The number of halogens is 2. The van der Waals surface area contributed by atoms with E-state index in [2.05, 4.69) is 4.74 Å². The molecule has 0 aliphatic carbocycles. The molecule has 9 heteroatoms. The van der Waals surface area contributed by atoms with Gasteiger partial charge in [-0.1, -0.05) is 48.5 Å². The number of hydrogen-bond donors (Lipinski definition) is 4. The monoisotopic (exact) mass is 498 g/mol. The summed E-state index contributed by atoms with van der Waals surface area (Å²) in [5, 5.41) is 16.2. The van der Waals surface area contributed by atoms with Crippen LogP contribution in [-0.2, 0) is 31.5 Å². The number of rotatable bonds is 13. The van der Waals surface area contributed by atoms with Crippen LogP contribution in [0.3, 0.4) is 0 Å². The van der Waals surface area contributed by atoms with Gasteiger partial charge in [-0.2, -0.15) is 0 Å². The van der Waals surface area contributed by atoms with Crippen molar-refractivity contribution in [3.05, 3.63) is 70.8 Å². The highest BCUT2D eigenvalue weighted by molar-refractivity contribution is 6.17. The van der Waals surface area contributed by atoms with Crippen LogP contribution in [0.15, 0.2) is 48.5 Å². The zero-order valence-corrected chi connectivity index (χ0v) is 20.0. The molecule has 0 aromatic heterocycles. The summed E-state index contributed by atoms with van der Waals surface area (Å²) in [5.74, 6) is -0.108. The van der Waals surface area contributed by atoms with Crippen molar-refractivity contribution in [2.24, 2.45) is 11.5 Å². The second kappa shape index (κ2) is 15.6. The number of carbonyl (C=O) groups is 2. The van der Waals surface area contributed by atoms with Gasteiger partial charge in [0.2, 0.25) is 11.8 Å². The molecule has 2 rings (SSSR count). The zero-order valence-electron chi connectivity index (χ0n) is 18.5. The van der Waals surface area contributed by atoms with E-state index in [9.17, 15) is 9.59 Å². The summed E-state index contributed by atoms with van der Waals surface area (Å²) < 4.78 is 4.63. The quantitative estimate of drug-likeness (QED) is 0.248. The molecule has 0 aliphatic rings. The highest BCUT2D eigenvalue weighted by Crippen LogP contribution is 2.37. The first-order valence-electron chi connectivity index (χ1n) is 10.5. The van der Waals surface area contributed by atoms with E-state index in [1.54, 1.807) is 0 Å². The standard InChI is InChI=1S/C20H22Cl2N2O2.C4H10O3/c21-12-14-3-7-16(8-4-14)20(19(24)26,11-1-2-18(23)25)17-9-5-15(13-22)6-10-17;5-1-3-7-4-2-6/h3-10H,1-2,11-13H2,(H2,23,25)(H2,24,26);5-6H,1-4H2. The van der Waals surface area contributed by atoms with Crippen molar-refractivity contribution in [3.8, 4) is 0 Å². The highest BCUT2D eigenvalue weighted by Gasteiger charge is 2.40. The molecule has 6 N–H and O–H groups in total. The van der Waals surface area contributed by atoms with Crippen LogP contribution in [-0.4, -0.2) is 48.5 Å². The second-order valence-corrected chi connectivity index (χ2v) is 7.84. The van der Waals surface area contributed by atoms with Crippen molar-refractivity contribution < 1.29 is 24.5 Å². The maximum absolute atomic E-state index is 12.7. The fraction of sp³-hybridized carbons (Fsp3) is 0.417. The van der Waals surface area contributed by atoms with Crippen LogP contribution >= 0.6 is 23.2 Å². The van der Waals surface area contributed by atoms with E-state index in [0.29, 0.717) is 37.8 Å². The van der Waals surface area contributed by atoms with E-state index in [4.69, 9.17) is 44.9 Å². The minimum atomic E-state index is -1.05. The first-order chi connectivity index (χ1) is 15.8. The summed E-state index contributed by atoms with van der Waals surface area (Å²) in [6, 6.07) is 15.0. The van der Waals surface area contributed by atoms with Crippen LogP contribution in [0.4, 0.5) is 0 Å². The molecular weight excluding hydrogens is 467 g/mol. The number of alkyl halides is 2. The van der Waals surface area contributed by atoms with Gasteiger partial charge in [-0.15, -0.1) is 23.2 Å². The van der Waals surface area contributed by atoms with Gasteiger partial charge >= 0.3 is 0 Å². The molecule has 0 aliphatic heterocycles. The Hall–Kier alpha value is -2.16. The molecule has 0 atom stereocenters. The van der Waals surface area contributed by atoms with Crippen LogP contribution in [0.1, 0.15) is 41.5 Å². The largest absolute Gasteiger partial charge is 0.394 e. The summed E-state index contributed by atoms with van der Waals surface area (Å²) in [7, 11) is 0. The Balaban J connectivity index is 0.000000675. The van der Waals surface area contributed by atoms with Gasteiger partial charge in [-0.25, -0.2) is 0 Å². The van der Waals surface area contributed by atoms with Gasteiger partial charge in [0.15, 0.2) is 0 Å². The van der Waals surface area contributed by atoms with Crippen molar-refractivity contribution in [2.75, 3.05) is 26.4 Å². The average molecular weight is 499 g/mol. The molecule has 0 spiro atoms. The Labute approximate surface area is 204 Å². The number of nitrogens with two attached hydrogens (primary N) is 2. The topological polar surface area (TPSA) is 136 Å². The van der Waals surface area contributed by atoms with E-state index >= 15 is 0 Å². The lowest BCUT2D eigenvalue weighted by Gasteiger charge is -2.32. The Morgan fingerprint density at radius 3 is 1.55 bits per heavy atom. The molecule has 2 aromatic carbocycles. The van der Waals surface area contributed by atoms with Gasteiger partial charge in [0, 0.05) is 18.2 Å². The lowest BCUT2D eigenvalue weighted by atomic mass is 9.70. The lowest BCUT2D eigenvalue weighted by molar-refractivity contribution is -0.123. The van der Waals surface area contributed by atoms with Crippen molar-refractivity contribution in [1.82, 2.24) is 0 Å². The van der Waals surface area contributed by atoms with Crippen molar-refractivity contribution in [2.45, 2.75) is 36.4 Å². The summed E-state index contributed by atoms with van der Waals surface area (Å²) in [6.07, 6.45) is 1.02. The number of carbonyl (C=O) groups excluding carboxylic acids is 2. The molecule has 0 heterocycles. The van der Waals surface area contributed by atoms with Crippen LogP contribution in [0.2, 0.25) is 0 Å². The van der Waals surface area contributed by atoms with Crippen LogP contribution < -0.4 is 11.5 Å². The third-order valence-corrected chi connectivity index (χ3v) is 5.69. The van der Waals surface area contributed by atoms with Crippen molar-refractivity contribution >= 4 is 35.0 Å². The summed E-state index contributed by atoms with van der Waals surface area (Å²) in [5.41, 5.74) is 13.5. The lowest BCUT2D eigenvalue weighted by Crippen LogP contribution is -2.42. The second-order valence-electron chi connectivity index (χ2n) is 7.31. The van der Waals surface area contributed by atoms with Crippen molar-refractivity contribution in [1.29, 1.82) is 0 Å². The van der Waals surface area contributed by atoms with E-state index in [1.165, 1.54) is 0 Å². The molecule has 33 heavy (non-hydrogen) atoms. The van der Waals surface area contributed by atoms with Crippen LogP contribution in [0, 0.1) is 0 Å². The SMILES string of the molecule is NC(=O)CCCC(C(N)=O)(c1ccc(CCl)cc1)c1ccc(CCl)cc1.OCCOCCO. The molecule has 0 saturated heterocycles. The summed E-state index contributed by atoms with van der Waals surface area (Å²) >= 11 is 11.7. The fourth-order valence-electron chi connectivity index (χ4n) is 3.38. The summed E-state index contributed by atoms with van der Waals surface area (Å²) in [6.45, 7) is 0.696. The molecule has 2 amide bonds. The zero-order chi connectivity index (χ0) is 24.7. The maximum Gasteiger partial charge on any atom is 0.232 e. The molecule has 0 bridgehead atoms. The van der Waals surface area contributed by atoms with E-state index in [0.717, 1.165) is 22.3 Å². The molecule has 2 aromatic rings. The predicted molar refractivity (Wildman–Crippen MR) is 130 cm³/mol. The maximum atomic E-state index is 12.7. The third-order valence-electron chi connectivity index (χ3n) is 5.07. The number of primary amides is 2. The number of ether oxygens (including phenoxy) is 1. The average Bonchev–Trinajstić information content (AvgIpc) is 2.82. The van der Waals surface area contributed by atoms with Crippen molar-refractivity contribution in [3.63, 3.8) is 0 Å². The van der Waals surface area contributed by atoms with Crippen LogP contribution in [0.5, 0.6) is 0 Å². The Morgan fingerprint density at radius 1 is 0.818 bits per heavy atom. The third kappa shape index (κ3) is 8.95. The van der Waals surface area contributed by atoms with Gasteiger partial charge < -0.3 is 26.4 Å². The van der Waals surface area contributed by atoms with Crippen LogP contribution in [0.25, 0.3) is 0 Å². The minimum absolute atomic E-state index is 0.0278. The number of hydrogen-bond acceptors (Lipinski definition) is 5. The molecule has 0 radical (unpaired) electrons. The molecule has 0 fully saturated rings. The van der Waals surface area contributed by atoms with E-state index in [1.807, 2.05) is 48.5 Å². The van der Waals surface area contributed by atoms with E-state index in [-0.39, 0.29) is 19.6 Å². The number of benzene rings is 2. The van der Waals surface area contributed by atoms with E-state index < -0.39 is 17.2 Å². The first kappa shape index (κ1) is 28.9. The molecule has 182 valence electrons.